The zero-order valence-corrected chi connectivity index (χ0v) is 10.8. The molecule has 0 aromatic carbocycles. The van der Waals surface area contributed by atoms with Crippen molar-refractivity contribution in [2.75, 3.05) is 29.7 Å². The highest BCUT2D eigenvalue weighted by Crippen LogP contribution is 2.16. The maximum atomic E-state index is 11.5. The zero-order valence-electron chi connectivity index (χ0n) is 9.96. The number of aromatic nitrogens is 3. The second-order valence-corrected chi connectivity index (χ2v) is 6.33. The summed E-state index contributed by atoms with van der Waals surface area (Å²) in [5.74, 6) is 0.596. The number of rotatable bonds is 3. The molecule has 1 atom stereocenters. The number of nitrogens with two attached hydrogens (primary N) is 1. The van der Waals surface area contributed by atoms with Gasteiger partial charge in [-0.15, -0.1) is 0 Å². The summed E-state index contributed by atoms with van der Waals surface area (Å²) in [5, 5.41) is 2.95. The van der Waals surface area contributed by atoms with Crippen molar-refractivity contribution in [2.45, 2.75) is 18.9 Å². The third kappa shape index (κ3) is 3.19. The van der Waals surface area contributed by atoms with Gasteiger partial charge in [0.15, 0.2) is 9.84 Å². The Bertz CT molecular complexity index is 533. The van der Waals surface area contributed by atoms with Crippen molar-refractivity contribution in [3.8, 4) is 6.01 Å². The molecule has 8 nitrogen and oxygen atoms in total. The Morgan fingerprint density at radius 1 is 1.39 bits per heavy atom. The summed E-state index contributed by atoms with van der Waals surface area (Å²) in [5.41, 5.74) is 5.49. The summed E-state index contributed by atoms with van der Waals surface area (Å²) in [7, 11) is -1.55. The van der Waals surface area contributed by atoms with Crippen molar-refractivity contribution in [3.63, 3.8) is 0 Å². The summed E-state index contributed by atoms with van der Waals surface area (Å²) in [6.45, 7) is 0. The molecule has 2 rings (SSSR count). The van der Waals surface area contributed by atoms with E-state index in [1.54, 1.807) is 0 Å². The average molecular weight is 273 g/mol. The van der Waals surface area contributed by atoms with Crippen LogP contribution in [0.5, 0.6) is 6.01 Å². The van der Waals surface area contributed by atoms with E-state index < -0.39 is 9.84 Å². The third-order valence-electron chi connectivity index (χ3n) is 2.61. The van der Waals surface area contributed by atoms with Crippen molar-refractivity contribution in [1.82, 2.24) is 15.0 Å². The van der Waals surface area contributed by atoms with Gasteiger partial charge in [-0.2, -0.15) is 15.0 Å². The number of nitrogen functional groups attached to an aromatic ring is 1. The molecule has 1 aliphatic rings. The summed E-state index contributed by atoms with van der Waals surface area (Å²) in [6, 6.07) is -0.0982. The number of ether oxygens (including phenoxy) is 1. The van der Waals surface area contributed by atoms with Crippen molar-refractivity contribution in [1.29, 1.82) is 0 Å². The Kier molecular flexibility index (Phi) is 3.50. The maximum Gasteiger partial charge on any atom is 0.322 e. The molecule has 0 spiro atoms. The van der Waals surface area contributed by atoms with Crippen LogP contribution in [0.1, 0.15) is 12.8 Å². The first-order valence-corrected chi connectivity index (χ1v) is 7.33. The Morgan fingerprint density at radius 2 is 2.17 bits per heavy atom. The van der Waals surface area contributed by atoms with Gasteiger partial charge in [0.2, 0.25) is 11.9 Å². The summed E-state index contributed by atoms with van der Waals surface area (Å²) in [6.07, 6.45) is 1.39. The summed E-state index contributed by atoms with van der Waals surface area (Å²) < 4.78 is 27.9. The van der Waals surface area contributed by atoms with Gasteiger partial charge in [-0.3, -0.25) is 0 Å². The fourth-order valence-electron chi connectivity index (χ4n) is 1.85. The van der Waals surface area contributed by atoms with Gasteiger partial charge in [0.05, 0.1) is 18.6 Å². The van der Waals surface area contributed by atoms with Gasteiger partial charge in [-0.05, 0) is 12.8 Å². The molecule has 0 aliphatic carbocycles. The largest absolute Gasteiger partial charge is 0.467 e. The van der Waals surface area contributed by atoms with E-state index in [9.17, 15) is 8.42 Å². The fourth-order valence-corrected chi connectivity index (χ4v) is 3.48. The van der Waals surface area contributed by atoms with Crippen molar-refractivity contribution < 1.29 is 13.2 Å². The molecule has 3 N–H and O–H groups in total. The molecular formula is C9H15N5O3S. The van der Waals surface area contributed by atoms with Crippen LogP contribution in [0, 0.1) is 0 Å². The molecule has 0 saturated carbocycles. The van der Waals surface area contributed by atoms with Gasteiger partial charge in [0, 0.05) is 6.04 Å². The predicted molar refractivity (Wildman–Crippen MR) is 66.1 cm³/mol. The van der Waals surface area contributed by atoms with E-state index in [0.717, 1.165) is 6.42 Å². The number of nitrogens with one attached hydrogen (secondary N) is 1. The second-order valence-electron chi connectivity index (χ2n) is 4.10. The number of hydrogen-bond donors (Lipinski definition) is 2. The van der Waals surface area contributed by atoms with Crippen LogP contribution in [-0.4, -0.2) is 48.0 Å². The summed E-state index contributed by atoms with van der Waals surface area (Å²) in [4.78, 5) is 11.6. The molecule has 1 saturated heterocycles. The van der Waals surface area contributed by atoms with Crippen molar-refractivity contribution in [3.05, 3.63) is 0 Å². The highest BCUT2D eigenvalue weighted by atomic mass is 32.2. The van der Waals surface area contributed by atoms with Gasteiger partial charge in [-0.1, -0.05) is 0 Å². The van der Waals surface area contributed by atoms with Crippen LogP contribution in [0.25, 0.3) is 0 Å². The lowest BCUT2D eigenvalue weighted by Crippen LogP contribution is -2.35. The van der Waals surface area contributed by atoms with Gasteiger partial charge >= 0.3 is 6.01 Å². The molecule has 100 valence electrons. The van der Waals surface area contributed by atoms with Gasteiger partial charge in [-0.25, -0.2) is 8.42 Å². The SMILES string of the molecule is COc1nc(N)nc(NC2CCCS(=O)(=O)C2)n1. The van der Waals surface area contributed by atoms with E-state index in [-0.39, 0.29) is 35.5 Å². The van der Waals surface area contributed by atoms with Crippen LogP contribution >= 0.6 is 0 Å². The van der Waals surface area contributed by atoms with E-state index in [4.69, 9.17) is 10.5 Å². The highest BCUT2D eigenvalue weighted by Gasteiger charge is 2.25. The molecule has 0 radical (unpaired) electrons. The fraction of sp³-hybridized carbons (Fsp3) is 0.667. The van der Waals surface area contributed by atoms with E-state index in [1.807, 2.05) is 0 Å². The smallest absolute Gasteiger partial charge is 0.322 e. The van der Waals surface area contributed by atoms with Crippen LogP contribution in [0.4, 0.5) is 11.9 Å². The van der Waals surface area contributed by atoms with Crippen LogP contribution in [-0.2, 0) is 9.84 Å². The molecule has 1 aliphatic heterocycles. The molecule has 0 bridgehead atoms. The van der Waals surface area contributed by atoms with Crippen molar-refractivity contribution >= 4 is 21.7 Å². The quantitative estimate of drug-likeness (QED) is 0.752. The van der Waals surface area contributed by atoms with Crippen LogP contribution in [0.3, 0.4) is 0 Å². The maximum absolute atomic E-state index is 11.5. The number of hydrogen-bond acceptors (Lipinski definition) is 8. The lowest BCUT2D eigenvalue weighted by Gasteiger charge is -2.22. The lowest BCUT2D eigenvalue weighted by molar-refractivity contribution is 0.379. The van der Waals surface area contributed by atoms with E-state index in [1.165, 1.54) is 7.11 Å². The van der Waals surface area contributed by atoms with Crippen LogP contribution < -0.4 is 15.8 Å². The monoisotopic (exact) mass is 273 g/mol. The third-order valence-corrected chi connectivity index (χ3v) is 4.43. The first-order valence-electron chi connectivity index (χ1n) is 5.51. The first kappa shape index (κ1) is 12.8. The first-order chi connectivity index (χ1) is 8.48. The van der Waals surface area contributed by atoms with E-state index in [0.29, 0.717) is 6.42 Å². The normalized spacial score (nSPS) is 22.4. The number of methoxy groups -OCH3 is 1. The molecule has 18 heavy (non-hydrogen) atoms. The molecule has 1 unspecified atom stereocenters. The van der Waals surface area contributed by atoms with Crippen LogP contribution in [0.15, 0.2) is 0 Å². The minimum absolute atomic E-state index is 0.0306. The number of sulfone groups is 1. The molecule has 9 heteroatoms. The topological polar surface area (TPSA) is 120 Å². The molecule has 1 fully saturated rings. The van der Waals surface area contributed by atoms with Crippen molar-refractivity contribution in [2.24, 2.45) is 0 Å². The Morgan fingerprint density at radius 3 is 2.83 bits per heavy atom. The zero-order chi connectivity index (χ0) is 13.2. The second kappa shape index (κ2) is 4.92. The number of anilines is 2. The average Bonchev–Trinajstić information content (AvgIpc) is 2.26. The van der Waals surface area contributed by atoms with Gasteiger partial charge < -0.3 is 15.8 Å². The highest BCUT2D eigenvalue weighted by molar-refractivity contribution is 7.91. The predicted octanol–water partition coefficient (Wildman–Crippen LogP) is -0.548. The number of nitrogens with zero attached hydrogens (tertiary/aromatic N) is 3. The van der Waals surface area contributed by atoms with Gasteiger partial charge in [0.25, 0.3) is 0 Å². The Labute approximate surface area is 105 Å². The Balaban J connectivity index is 2.11. The van der Waals surface area contributed by atoms with Gasteiger partial charge in [0.1, 0.15) is 0 Å². The molecule has 1 aromatic rings. The molecule has 0 amide bonds. The van der Waals surface area contributed by atoms with E-state index >= 15 is 0 Å². The molecule has 2 heterocycles. The standard InChI is InChI=1S/C9H15N5O3S/c1-17-9-13-7(10)12-8(14-9)11-6-3-2-4-18(15,16)5-6/h6H,2-5H2,1H3,(H3,10,11,12,13,14). The lowest BCUT2D eigenvalue weighted by atomic mass is 10.2. The minimum Gasteiger partial charge on any atom is -0.467 e. The summed E-state index contributed by atoms with van der Waals surface area (Å²) >= 11 is 0. The molecular weight excluding hydrogens is 258 g/mol. The van der Waals surface area contributed by atoms with Crippen LogP contribution in [0.2, 0.25) is 0 Å². The van der Waals surface area contributed by atoms with E-state index in [2.05, 4.69) is 20.3 Å². The minimum atomic E-state index is -2.97. The molecule has 1 aromatic heterocycles. The Hall–Kier alpha value is -1.64.